The zero-order valence-electron chi connectivity index (χ0n) is 13.7. The highest BCUT2D eigenvalue weighted by Crippen LogP contribution is 2.23. The Morgan fingerprint density at radius 1 is 1.26 bits per heavy atom. The van der Waals surface area contributed by atoms with Crippen LogP contribution < -0.4 is 5.73 Å². The van der Waals surface area contributed by atoms with E-state index in [4.69, 9.17) is 10.3 Å². The van der Waals surface area contributed by atoms with E-state index in [0.717, 1.165) is 48.6 Å². The highest BCUT2D eigenvalue weighted by atomic mass is 35.5. The van der Waals surface area contributed by atoms with Gasteiger partial charge in [0.25, 0.3) is 5.91 Å². The van der Waals surface area contributed by atoms with Crippen molar-refractivity contribution < 1.29 is 9.32 Å². The van der Waals surface area contributed by atoms with Gasteiger partial charge in [0.1, 0.15) is 5.76 Å². The van der Waals surface area contributed by atoms with Gasteiger partial charge in [-0.3, -0.25) is 9.36 Å². The summed E-state index contributed by atoms with van der Waals surface area (Å²) >= 11 is 0. The van der Waals surface area contributed by atoms with E-state index in [2.05, 4.69) is 5.16 Å². The fourth-order valence-electron chi connectivity index (χ4n) is 3.06. The molecule has 0 saturated carbocycles. The summed E-state index contributed by atoms with van der Waals surface area (Å²) in [7, 11) is 0. The van der Waals surface area contributed by atoms with Crippen LogP contribution in [0.3, 0.4) is 0 Å². The van der Waals surface area contributed by atoms with Gasteiger partial charge < -0.3 is 15.2 Å². The van der Waals surface area contributed by atoms with Crippen LogP contribution in [0, 0.1) is 20.8 Å². The van der Waals surface area contributed by atoms with Gasteiger partial charge in [-0.1, -0.05) is 5.16 Å². The molecule has 2 aromatic rings. The molecule has 0 bridgehead atoms. The number of carbonyl (C=O) groups excluding carboxylic acids is 1. The SMILES string of the molecule is Cc1cc(-n2c(C)cc(C(=O)N3CCC(N)CC3)c2C)no1.Cl. The molecule has 0 spiro atoms. The number of rotatable bonds is 2. The molecule has 2 N–H and O–H groups in total. The molecular weight excluding hydrogens is 316 g/mol. The number of aryl methyl sites for hydroxylation is 2. The van der Waals surface area contributed by atoms with Crippen LogP contribution in [0.15, 0.2) is 16.7 Å². The quantitative estimate of drug-likeness (QED) is 0.912. The first-order valence-electron chi connectivity index (χ1n) is 7.65. The number of nitrogens with two attached hydrogens (primary N) is 1. The van der Waals surface area contributed by atoms with Crippen LogP contribution in [-0.4, -0.2) is 39.7 Å². The topological polar surface area (TPSA) is 77.3 Å². The molecular formula is C16H23ClN4O2. The van der Waals surface area contributed by atoms with Crippen LogP contribution in [0.2, 0.25) is 0 Å². The molecule has 0 aromatic carbocycles. The first-order valence-corrected chi connectivity index (χ1v) is 7.65. The van der Waals surface area contributed by atoms with Crippen LogP contribution in [-0.2, 0) is 0 Å². The van der Waals surface area contributed by atoms with Gasteiger partial charge in [-0.2, -0.15) is 0 Å². The van der Waals surface area contributed by atoms with Crippen molar-refractivity contribution in [2.24, 2.45) is 5.73 Å². The van der Waals surface area contributed by atoms with E-state index < -0.39 is 0 Å². The number of aromatic nitrogens is 2. The normalized spacial score (nSPS) is 15.6. The second-order valence-corrected chi connectivity index (χ2v) is 6.05. The Kier molecular flexibility index (Phi) is 5.16. The van der Waals surface area contributed by atoms with Gasteiger partial charge in [-0.05, 0) is 39.7 Å². The number of amides is 1. The third kappa shape index (κ3) is 3.28. The molecule has 0 unspecified atom stereocenters. The third-order valence-electron chi connectivity index (χ3n) is 4.33. The lowest BCUT2D eigenvalue weighted by atomic mass is 10.1. The van der Waals surface area contributed by atoms with Crippen LogP contribution in [0.1, 0.15) is 40.3 Å². The summed E-state index contributed by atoms with van der Waals surface area (Å²) in [6, 6.07) is 4.01. The minimum Gasteiger partial charge on any atom is -0.360 e. The zero-order valence-corrected chi connectivity index (χ0v) is 14.5. The van der Waals surface area contributed by atoms with Crippen molar-refractivity contribution in [1.82, 2.24) is 14.6 Å². The predicted octanol–water partition coefficient (Wildman–Crippen LogP) is 2.38. The van der Waals surface area contributed by atoms with Gasteiger partial charge >= 0.3 is 0 Å². The second-order valence-electron chi connectivity index (χ2n) is 6.05. The summed E-state index contributed by atoms with van der Waals surface area (Å²) in [6.45, 7) is 7.23. The van der Waals surface area contributed by atoms with Crippen molar-refractivity contribution in [3.8, 4) is 5.82 Å². The maximum absolute atomic E-state index is 12.8. The summed E-state index contributed by atoms with van der Waals surface area (Å²) in [5, 5.41) is 4.05. The van der Waals surface area contributed by atoms with E-state index in [1.807, 2.05) is 42.4 Å². The molecule has 1 amide bonds. The molecule has 1 aliphatic heterocycles. The summed E-state index contributed by atoms with van der Waals surface area (Å²) in [5.74, 6) is 1.54. The van der Waals surface area contributed by atoms with Crippen molar-refractivity contribution >= 4 is 18.3 Å². The van der Waals surface area contributed by atoms with Crippen LogP contribution >= 0.6 is 12.4 Å². The Morgan fingerprint density at radius 3 is 2.48 bits per heavy atom. The predicted molar refractivity (Wildman–Crippen MR) is 90.4 cm³/mol. The van der Waals surface area contributed by atoms with Gasteiger partial charge in [0.15, 0.2) is 5.82 Å². The monoisotopic (exact) mass is 338 g/mol. The van der Waals surface area contributed by atoms with Crippen molar-refractivity contribution in [2.75, 3.05) is 13.1 Å². The third-order valence-corrected chi connectivity index (χ3v) is 4.33. The van der Waals surface area contributed by atoms with E-state index in [0.29, 0.717) is 5.82 Å². The number of carbonyl (C=O) groups is 1. The van der Waals surface area contributed by atoms with Crippen molar-refractivity contribution in [1.29, 1.82) is 0 Å². The van der Waals surface area contributed by atoms with Gasteiger partial charge in [-0.15, -0.1) is 12.4 Å². The van der Waals surface area contributed by atoms with Gasteiger partial charge in [-0.25, -0.2) is 0 Å². The maximum atomic E-state index is 12.8. The Morgan fingerprint density at radius 2 is 1.91 bits per heavy atom. The molecule has 6 nitrogen and oxygen atoms in total. The Labute approximate surface area is 142 Å². The van der Waals surface area contributed by atoms with Crippen LogP contribution in [0.25, 0.3) is 5.82 Å². The lowest BCUT2D eigenvalue weighted by Crippen LogP contribution is -2.42. The summed E-state index contributed by atoms with van der Waals surface area (Å²) in [6.07, 6.45) is 1.74. The Hall–Kier alpha value is -1.79. The summed E-state index contributed by atoms with van der Waals surface area (Å²) in [4.78, 5) is 14.6. The van der Waals surface area contributed by atoms with Crippen molar-refractivity contribution in [3.05, 3.63) is 34.8 Å². The molecule has 1 fully saturated rings. The zero-order chi connectivity index (χ0) is 15.9. The van der Waals surface area contributed by atoms with Crippen LogP contribution in [0.4, 0.5) is 0 Å². The average Bonchev–Trinajstić information content (AvgIpc) is 3.02. The molecule has 0 aliphatic carbocycles. The number of hydrogen-bond acceptors (Lipinski definition) is 4. The number of piperidine rings is 1. The number of halogens is 1. The molecule has 2 aromatic heterocycles. The highest BCUT2D eigenvalue weighted by Gasteiger charge is 2.25. The molecule has 1 saturated heterocycles. The Balaban J connectivity index is 0.00000192. The molecule has 23 heavy (non-hydrogen) atoms. The second kappa shape index (κ2) is 6.76. The fourth-order valence-corrected chi connectivity index (χ4v) is 3.06. The first-order chi connectivity index (χ1) is 10.5. The molecule has 1 aliphatic rings. The van der Waals surface area contributed by atoms with E-state index in [1.54, 1.807) is 0 Å². The number of nitrogens with zero attached hydrogens (tertiary/aromatic N) is 3. The Bertz CT molecular complexity index is 699. The van der Waals surface area contributed by atoms with E-state index in [-0.39, 0.29) is 24.4 Å². The van der Waals surface area contributed by atoms with Crippen molar-refractivity contribution in [2.45, 2.75) is 39.7 Å². The number of likely N-dealkylation sites (tertiary alicyclic amines) is 1. The lowest BCUT2D eigenvalue weighted by molar-refractivity contribution is 0.0714. The van der Waals surface area contributed by atoms with Crippen molar-refractivity contribution in [3.63, 3.8) is 0 Å². The highest BCUT2D eigenvalue weighted by molar-refractivity contribution is 5.96. The molecule has 7 heteroatoms. The molecule has 3 heterocycles. The summed E-state index contributed by atoms with van der Waals surface area (Å²) in [5.41, 5.74) is 8.51. The largest absolute Gasteiger partial charge is 0.360 e. The van der Waals surface area contributed by atoms with Gasteiger partial charge in [0, 0.05) is 36.6 Å². The minimum atomic E-state index is 0. The van der Waals surface area contributed by atoms with Crippen LogP contribution in [0.5, 0.6) is 0 Å². The maximum Gasteiger partial charge on any atom is 0.255 e. The fraction of sp³-hybridized carbons (Fsp3) is 0.500. The average molecular weight is 339 g/mol. The number of hydrogen-bond donors (Lipinski definition) is 1. The standard InChI is InChI=1S/C16H22N4O2.ClH/c1-10-8-14(16(21)19-6-4-13(17)5-7-19)12(3)20(10)15-9-11(2)22-18-15;/h8-9,13H,4-7,17H2,1-3H3;1H. The minimum absolute atomic E-state index is 0. The van der Waals surface area contributed by atoms with Gasteiger partial charge in [0.05, 0.1) is 5.56 Å². The lowest BCUT2D eigenvalue weighted by Gasteiger charge is -2.30. The van der Waals surface area contributed by atoms with E-state index in [1.165, 1.54) is 0 Å². The smallest absolute Gasteiger partial charge is 0.255 e. The van der Waals surface area contributed by atoms with E-state index >= 15 is 0 Å². The molecule has 126 valence electrons. The summed E-state index contributed by atoms with van der Waals surface area (Å²) < 4.78 is 7.10. The molecule has 3 rings (SSSR count). The van der Waals surface area contributed by atoms with E-state index in [9.17, 15) is 4.79 Å². The molecule has 0 radical (unpaired) electrons. The first kappa shape index (κ1) is 17.6. The molecule has 0 atom stereocenters. The van der Waals surface area contributed by atoms with Gasteiger partial charge in [0.2, 0.25) is 0 Å².